The molecule has 1 rings (SSSR count). The number of ether oxygens (including phenoxy) is 2. The van der Waals surface area contributed by atoms with Gasteiger partial charge in [-0.15, -0.1) is 0 Å². The molecule has 0 radical (unpaired) electrons. The zero-order valence-electron chi connectivity index (χ0n) is 16.9. The molecule has 1 aliphatic heterocycles. The fraction of sp³-hybridized carbons (Fsp3) is 0.783. The van der Waals surface area contributed by atoms with Crippen molar-refractivity contribution in [3.05, 3.63) is 24.3 Å². The van der Waals surface area contributed by atoms with Crippen LogP contribution >= 0.6 is 0 Å². The monoisotopic (exact) mass is 364 g/mol. The largest absolute Gasteiger partial charge is 0.463 e. The molecule has 26 heavy (non-hydrogen) atoms. The molecular weight excluding hydrogens is 324 g/mol. The second-order valence-electron chi connectivity index (χ2n) is 7.30. The van der Waals surface area contributed by atoms with E-state index >= 15 is 0 Å². The van der Waals surface area contributed by atoms with Gasteiger partial charge in [0, 0.05) is 13.0 Å². The Hall–Kier alpha value is -1.09. The Labute approximate surface area is 161 Å². The fourth-order valence-electron chi connectivity index (χ4n) is 3.11. The van der Waals surface area contributed by atoms with Crippen molar-refractivity contribution < 1.29 is 14.3 Å². The maximum absolute atomic E-state index is 11.6. The van der Waals surface area contributed by atoms with Gasteiger partial charge in [-0.1, -0.05) is 63.3 Å². The highest BCUT2D eigenvalue weighted by Gasteiger charge is 2.17. The minimum atomic E-state index is -0.0637. The summed E-state index contributed by atoms with van der Waals surface area (Å²) >= 11 is 0. The van der Waals surface area contributed by atoms with Crippen molar-refractivity contribution in [2.75, 3.05) is 13.2 Å². The number of rotatable bonds is 16. The summed E-state index contributed by atoms with van der Waals surface area (Å²) in [5.74, 6) is -0.0637. The molecule has 0 aliphatic carbocycles. The van der Waals surface area contributed by atoms with Crippen LogP contribution < -0.4 is 0 Å². The quantitative estimate of drug-likeness (QED) is 0.178. The van der Waals surface area contributed by atoms with Gasteiger partial charge >= 0.3 is 5.97 Å². The summed E-state index contributed by atoms with van der Waals surface area (Å²) in [6.45, 7) is 3.50. The van der Waals surface area contributed by atoms with Crippen molar-refractivity contribution in [1.82, 2.24) is 0 Å². The molecule has 1 aliphatic rings. The normalized spacial score (nSPS) is 17.5. The maximum atomic E-state index is 11.6. The predicted octanol–water partition coefficient (Wildman–Crippen LogP) is 6.52. The van der Waals surface area contributed by atoms with E-state index in [1.54, 1.807) is 0 Å². The van der Waals surface area contributed by atoms with E-state index in [1.165, 1.54) is 51.4 Å². The summed E-state index contributed by atoms with van der Waals surface area (Å²) in [7, 11) is 0. The standard InChI is InChI=1S/C23H40O3/c1-2-3-4-5-6-7-8-9-10-11-12-13-14-15-16-19-23(24)26-21-22-18-17-20-25-22/h6-7,9-10,22H,2-5,8,11-21H2,1H3/b7-6-,10-9-. The highest BCUT2D eigenvalue weighted by Crippen LogP contribution is 2.13. The van der Waals surface area contributed by atoms with Crippen LogP contribution in [0.1, 0.15) is 96.8 Å². The molecule has 0 saturated carbocycles. The zero-order chi connectivity index (χ0) is 18.7. The van der Waals surface area contributed by atoms with E-state index in [4.69, 9.17) is 9.47 Å². The van der Waals surface area contributed by atoms with Crippen LogP contribution in [-0.4, -0.2) is 25.3 Å². The molecule has 0 N–H and O–H groups in total. The summed E-state index contributed by atoms with van der Waals surface area (Å²) in [4.78, 5) is 11.6. The van der Waals surface area contributed by atoms with E-state index in [2.05, 4.69) is 31.2 Å². The smallest absolute Gasteiger partial charge is 0.305 e. The van der Waals surface area contributed by atoms with Crippen LogP contribution in [-0.2, 0) is 14.3 Å². The number of hydrogen-bond donors (Lipinski definition) is 0. The van der Waals surface area contributed by atoms with Crippen molar-refractivity contribution in [3.8, 4) is 0 Å². The molecule has 0 aromatic heterocycles. The summed E-state index contributed by atoms with van der Waals surface area (Å²) in [5.41, 5.74) is 0. The predicted molar refractivity (Wildman–Crippen MR) is 109 cm³/mol. The van der Waals surface area contributed by atoms with Crippen molar-refractivity contribution >= 4 is 5.97 Å². The minimum absolute atomic E-state index is 0.0637. The van der Waals surface area contributed by atoms with Crippen molar-refractivity contribution in [3.63, 3.8) is 0 Å². The van der Waals surface area contributed by atoms with Crippen molar-refractivity contribution in [1.29, 1.82) is 0 Å². The van der Waals surface area contributed by atoms with Crippen LogP contribution in [0.5, 0.6) is 0 Å². The van der Waals surface area contributed by atoms with Gasteiger partial charge in [-0.05, 0) is 51.4 Å². The first-order valence-electron chi connectivity index (χ1n) is 10.9. The first-order chi connectivity index (χ1) is 12.8. The van der Waals surface area contributed by atoms with Gasteiger partial charge in [0.05, 0.1) is 6.10 Å². The Morgan fingerprint density at radius 2 is 1.65 bits per heavy atom. The van der Waals surface area contributed by atoms with E-state index < -0.39 is 0 Å². The minimum Gasteiger partial charge on any atom is -0.463 e. The van der Waals surface area contributed by atoms with E-state index in [0.29, 0.717) is 13.0 Å². The van der Waals surface area contributed by atoms with Crippen molar-refractivity contribution in [2.24, 2.45) is 0 Å². The van der Waals surface area contributed by atoms with Gasteiger partial charge in [-0.2, -0.15) is 0 Å². The molecule has 0 spiro atoms. The lowest BCUT2D eigenvalue weighted by atomic mass is 10.1. The van der Waals surface area contributed by atoms with Gasteiger partial charge in [0.15, 0.2) is 0 Å². The van der Waals surface area contributed by atoms with Crippen LogP contribution in [0.15, 0.2) is 24.3 Å². The molecule has 3 heteroatoms. The lowest BCUT2D eigenvalue weighted by molar-refractivity contribution is -0.147. The number of carbonyl (C=O) groups is 1. The Morgan fingerprint density at radius 3 is 2.35 bits per heavy atom. The zero-order valence-corrected chi connectivity index (χ0v) is 16.9. The van der Waals surface area contributed by atoms with Crippen LogP contribution in [0.4, 0.5) is 0 Å². The Bertz CT molecular complexity index is 381. The molecule has 0 bridgehead atoms. The Morgan fingerprint density at radius 1 is 0.962 bits per heavy atom. The third-order valence-electron chi connectivity index (χ3n) is 4.79. The summed E-state index contributed by atoms with van der Waals surface area (Å²) in [6.07, 6.45) is 25.2. The van der Waals surface area contributed by atoms with Crippen LogP contribution in [0, 0.1) is 0 Å². The Kier molecular flexibility index (Phi) is 15.3. The lowest BCUT2D eigenvalue weighted by Crippen LogP contribution is -2.17. The average Bonchev–Trinajstić information content (AvgIpc) is 3.17. The average molecular weight is 365 g/mol. The number of hydrogen-bond acceptors (Lipinski definition) is 3. The fourth-order valence-corrected chi connectivity index (χ4v) is 3.11. The van der Waals surface area contributed by atoms with Crippen molar-refractivity contribution in [2.45, 2.75) is 103 Å². The topological polar surface area (TPSA) is 35.5 Å². The van der Waals surface area contributed by atoms with Crippen LogP contribution in [0.3, 0.4) is 0 Å². The van der Waals surface area contributed by atoms with Gasteiger partial charge in [-0.3, -0.25) is 4.79 Å². The van der Waals surface area contributed by atoms with Gasteiger partial charge in [0.25, 0.3) is 0 Å². The second-order valence-corrected chi connectivity index (χ2v) is 7.30. The highest BCUT2D eigenvalue weighted by molar-refractivity contribution is 5.69. The van der Waals surface area contributed by atoms with Gasteiger partial charge in [0.1, 0.15) is 6.61 Å². The number of esters is 1. The van der Waals surface area contributed by atoms with Gasteiger partial charge in [0.2, 0.25) is 0 Å². The lowest BCUT2D eigenvalue weighted by Gasteiger charge is -2.09. The molecule has 1 fully saturated rings. The molecule has 150 valence electrons. The molecular formula is C23H40O3. The van der Waals surface area contributed by atoms with Crippen LogP contribution in [0.2, 0.25) is 0 Å². The third-order valence-corrected chi connectivity index (χ3v) is 4.79. The van der Waals surface area contributed by atoms with E-state index in [0.717, 1.165) is 38.7 Å². The maximum Gasteiger partial charge on any atom is 0.305 e. The van der Waals surface area contributed by atoms with Crippen LogP contribution in [0.25, 0.3) is 0 Å². The highest BCUT2D eigenvalue weighted by atomic mass is 16.6. The molecule has 0 aromatic carbocycles. The summed E-state index contributed by atoms with van der Waals surface area (Å²) in [6, 6.07) is 0. The number of unbranched alkanes of at least 4 members (excludes halogenated alkanes) is 8. The number of allylic oxidation sites excluding steroid dienone is 4. The molecule has 1 unspecified atom stereocenters. The first kappa shape index (κ1) is 23.0. The molecule has 1 saturated heterocycles. The first-order valence-corrected chi connectivity index (χ1v) is 10.9. The Balaban J connectivity index is 1.79. The SMILES string of the molecule is CCCCC/C=C\C/C=C\CCCCCCCC(=O)OCC1CCCO1. The molecule has 3 nitrogen and oxygen atoms in total. The van der Waals surface area contributed by atoms with E-state index in [9.17, 15) is 4.79 Å². The molecule has 1 heterocycles. The van der Waals surface area contributed by atoms with E-state index in [-0.39, 0.29) is 12.1 Å². The van der Waals surface area contributed by atoms with E-state index in [1.807, 2.05) is 0 Å². The summed E-state index contributed by atoms with van der Waals surface area (Å²) in [5, 5.41) is 0. The molecule has 1 atom stereocenters. The summed E-state index contributed by atoms with van der Waals surface area (Å²) < 4.78 is 10.7. The second kappa shape index (κ2) is 17.3. The molecule has 0 aromatic rings. The van der Waals surface area contributed by atoms with Gasteiger partial charge in [-0.25, -0.2) is 0 Å². The number of carbonyl (C=O) groups excluding carboxylic acids is 1. The third kappa shape index (κ3) is 14.1. The molecule has 0 amide bonds. The van der Waals surface area contributed by atoms with Gasteiger partial charge < -0.3 is 9.47 Å².